The van der Waals surface area contributed by atoms with Gasteiger partial charge in [-0.05, 0) is 29.8 Å². The summed E-state index contributed by atoms with van der Waals surface area (Å²) in [6, 6.07) is 17.0. The van der Waals surface area contributed by atoms with Crippen LogP contribution in [0.25, 0.3) is 0 Å². The number of carbonyl (C=O) groups excluding carboxylic acids is 1. The summed E-state index contributed by atoms with van der Waals surface area (Å²) in [6.07, 6.45) is 1.29. The molecule has 29 heavy (non-hydrogen) atoms. The average molecular weight is 410 g/mol. The summed E-state index contributed by atoms with van der Waals surface area (Å²) >= 11 is 0. The Labute approximate surface area is 168 Å². The molecule has 3 aromatic rings. The maximum atomic E-state index is 12.7. The van der Waals surface area contributed by atoms with E-state index in [4.69, 9.17) is 5.26 Å². The van der Waals surface area contributed by atoms with Gasteiger partial charge in [-0.2, -0.15) is 9.57 Å². The van der Waals surface area contributed by atoms with Crippen molar-refractivity contribution in [1.82, 2.24) is 19.1 Å². The second kappa shape index (κ2) is 8.64. The van der Waals surface area contributed by atoms with Crippen molar-refractivity contribution in [3.05, 3.63) is 72.3 Å². The lowest BCUT2D eigenvalue weighted by Gasteiger charge is -2.17. The first-order chi connectivity index (χ1) is 13.9. The van der Waals surface area contributed by atoms with E-state index in [1.54, 1.807) is 6.07 Å². The first-order valence-electron chi connectivity index (χ1n) is 8.58. The van der Waals surface area contributed by atoms with Crippen LogP contribution in [0.5, 0.6) is 0 Å². The largest absolute Gasteiger partial charge is 0.324 e. The second-order valence-electron chi connectivity index (χ2n) is 6.20. The van der Waals surface area contributed by atoms with Crippen molar-refractivity contribution in [3.63, 3.8) is 0 Å². The fourth-order valence-corrected chi connectivity index (χ4v) is 3.74. The van der Waals surface area contributed by atoms with E-state index in [9.17, 15) is 13.2 Å². The zero-order valence-electron chi connectivity index (χ0n) is 15.6. The van der Waals surface area contributed by atoms with Gasteiger partial charge in [-0.25, -0.2) is 18.1 Å². The molecule has 9 nitrogen and oxygen atoms in total. The summed E-state index contributed by atoms with van der Waals surface area (Å²) in [5.74, 6) is -0.400. The van der Waals surface area contributed by atoms with Gasteiger partial charge in [0.2, 0.25) is 15.9 Å². The molecule has 3 rings (SSSR count). The van der Waals surface area contributed by atoms with Crippen molar-refractivity contribution in [2.24, 2.45) is 0 Å². The molecule has 1 heterocycles. The Morgan fingerprint density at radius 3 is 2.48 bits per heavy atom. The van der Waals surface area contributed by atoms with Crippen molar-refractivity contribution in [2.45, 2.75) is 18.0 Å². The molecule has 0 bridgehead atoms. The number of sulfonamides is 1. The number of nitrogens with one attached hydrogen (secondary N) is 1. The predicted octanol–water partition coefficient (Wildman–Crippen LogP) is 1.61. The van der Waals surface area contributed by atoms with Crippen LogP contribution in [0.3, 0.4) is 0 Å². The van der Waals surface area contributed by atoms with Gasteiger partial charge in [0.15, 0.2) is 0 Å². The van der Waals surface area contributed by atoms with E-state index < -0.39 is 10.0 Å². The van der Waals surface area contributed by atoms with E-state index in [-0.39, 0.29) is 29.7 Å². The molecule has 0 saturated carbocycles. The van der Waals surface area contributed by atoms with Gasteiger partial charge < -0.3 is 5.32 Å². The van der Waals surface area contributed by atoms with Crippen LogP contribution in [0.1, 0.15) is 11.4 Å². The Hall–Kier alpha value is -3.55. The molecule has 0 fully saturated rings. The van der Waals surface area contributed by atoms with Crippen molar-refractivity contribution in [2.75, 3.05) is 12.4 Å². The maximum Gasteiger partial charge on any atom is 0.252 e. The highest BCUT2D eigenvalue weighted by atomic mass is 32.2. The molecular weight excluding hydrogens is 392 g/mol. The zero-order chi connectivity index (χ0) is 20.9. The third kappa shape index (κ3) is 5.04. The van der Waals surface area contributed by atoms with E-state index >= 15 is 0 Å². The van der Waals surface area contributed by atoms with Gasteiger partial charge in [-0.15, -0.1) is 5.10 Å². The SMILES string of the molecule is CN(Cc1ccccc1)S(=O)(=O)c1ccc(NC(=O)Cn2cnc(C#N)n2)cc1. The molecule has 0 aliphatic carbocycles. The lowest BCUT2D eigenvalue weighted by molar-refractivity contribution is -0.116. The summed E-state index contributed by atoms with van der Waals surface area (Å²) in [4.78, 5) is 15.9. The molecule has 148 valence electrons. The molecule has 0 aliphatic rings. The Balaban J connectivity index is 1.64. The highest BCUT2D eigenvalue weighted by Gasteiger charge is 2.21. The molecule has 0 saturated heterocycles. The standard InChI is InChI=1S/C19H18N6O3S/c1-24(12-15-5-3-2-4-6-15)29(27,28)17-9-7-16(8-10-17)22-19(26)13-25-14-21-18(11-20)23-25/h2-10,14H,12-13H2,1H3,(H,22,26). The van der Waals surface area contributed by atoms with Crippen molar-refractivity contribution in [3.8, 4) is 6.07 Å². The predicted molar refractivity (Wildman–Crippen MR) is 105 cm³/mol. The van der Waals surface area contributed by atoms with Crippen LogP contribution in [0.15, 0.2) is 65.8 Å². The number of benzene rings is 2. The highest BCUT2D eigenvalue weighted by Crippen LogP contribution is 2.19. The number of hydrogen-bond donors (Lipinski definition) is 1. The Morgan fingerprint density at radius 2 is 1.86 bits per heavy atom. The molecule has 0 radical (unpaired) electrons. The Bertz CT molecular complexity index is 1130. The van der Waals surface area contributed by atoms with Crippen LogP contribution in [0.4, 0.5) is 5.69 Å². The van der Waals surface area contributed by atoms with E-state index in [2.05, 4.69) is 15.4 Å². The first-order valence-corrected chi connectivity index (χ1v) is 10.0. The summed E-state index contributed by atoms with van der Waals surface area (Å²) < 4.78 is 28.0. The smallest absolute Gasteiger partial charge is 0.252 e. The normalized spacial score (nSPS) is 11.2. The lowest BCUT2D eigenvalue weighted by Crippen LogP contribution is -2.26. The number of rotatable bonds is 7. The number of hydrogen-bond acceptors (Lipinski definition) is 6. The van der Waals surface area contributed by atoms with Gasteiger partial charge in [-0.1, -0.05) is 30.3 Å². The number of nitriles is 1. The molecular formula is C19H18N6O3S. The fraction of sp³-hybridized carbons (Fsp3) is 0.158. The number of amides is 1. The molecule has 0 atom stereocenters. The summed E-state index contributed by atoms with van der Waals surface area (Å²) in [5.41, 5.74) is 1.33. The minimum Gasteiger partial charge on any atom is -0.324 e. The molecule has 0 unspecified atom stereocenters. The monoisotopic (exact) mass is 410 g/mol. The van der Waals surface area contributed by atoms with Gasteiger partial charge in [0, 0.05) is 19.3 Å². The van der Waals surface area contributed by atoms with Gasteiger partial charge >= 0.3 is 0 Å². The van der Waals surface area contributed by atoms with Gasteiger partial charge in [-0.3, -0.25) is 4.79 Å². The van der Waals surface area contributed by atoms with Gasteiger partial charge in [0.25, 0.3) is 5.82 Å². The van der Waals surface area contributed by atoms with E-state index in [1.807, 2.05) is 30.3 Å². The zero-order valence-corrected chi connectivity index (χ0v) is 16.4. The summed E-state index contributed by atoms with van der Waals surface area (Å²) in [7, 11) is -2.14. The summed E-state index contributed by atoms with van der Waals surface area (Å²) in [6.45, 7) is 0.138. The molecule has 1 amide bonds. The highest BCUT2D eigenvalue weighted by molar-refractivity contribution is 7.89. The van der Waals surface area contributed by atoms with Crippen LogP contribution in [0.2, 0.25) is 0 Å². The average Bonchev–Trinajstić information content (AvgIpc) is 3.16. The quantitative estimate of drug-likeness (QED) is 0.632. The van der Waals surface area contributed by atoms with Crippen molar-refractivity contribution >= 4 is 21.6 Å². The minimum atomic E-state index is -3.66. The third-order valence-corrected chi connectivity index (χ3v) is 5.85. The minimum absolute atomic E-state index is 0.0213. The van der Waals surface area contributed by atoms with Crippen molar-refractivity contribution < 1.29 is 13.2 Å². The molecule has 1 N–H and O–H groups in total. The number of aromatic nitrogens is 3. The van der Waals surface area contributed by atoms with E-state index in [0.29, 0.717) is 5.69 Å². The van der Waals surface area contributed by atoms with Crippen LogP contribution in [0, 0.1) is 11.3 Å². The van der Waals surface area contributed by atoms with Gasteiger partial charge in [0.1, 0.15) is 18.9 Å². The van der Waals surface area contributed by atoms with Crippen LogP contribution in [-0.4, -0.2) is 40.4 Å². The topological polar surface area (TPSA) is 121 Å². The molecule has 2 aromatic carbocycles. The third-order valence-electron chi connectivity index (χ3n) is 4.04. The van der Waals surface area contributed by atoms with Crippen molar-refractivity contribution in [1.29, 1.82) is 5.26 Å². The molecule has 0 aliphatic heterocycles. The lowest BCUT2D eigenvalue weighted by atomic mass is 10.2. The first kappa shape index (κ1) is 20.2. The molecule has 10 heteroatoms. The van der Waals surface area contributed by atoms with E-state index in [1.165, 1.54) is 46.6 Å². The number of anilines is 1. The van der Waals surface area contributed by atoms with E-state index in [0.717, 1.165) is 5.56 Å². The van der Waals surface area contributed by atoms with Crippen LogP contribution >= 0.6 is 0 Å². The maximum absolute atomic E-state index is 12.7. The Morgan fingerprint density at radius 1 is 1.17 bits per heavy atom. The van der Waals surface area contributed by atoms with Crippen LogP contribution in [-0.2, 0) is 27.9 Å². The second-order valence-corrected chi connectivity index (χ2v) is 8.24. The Kier molecular flexibility index (Phi) is 6.01. The molecule has 0 spiro atoms. The summed E-state index contributed by atoms with van der Waals surface area (Å²) in [5, 5.41) is 15.1. The number of carbonyl (C=O) groups is 1. The van der Waals surface area contributed by atoms with Gasteiger partial charge in [0.05, 0.1) is 4.90 Å². The van der Waals surface area contributed by atoms with Crippen LogP contribution < -0.4 is 5.32 Å². The fourth-order valence-electron chi connectivity index (χ4n) is 2.59. The number of nitrogens with zero attached hydrogens (tertiary/aromatic N) is 5. The molecule has 1 aromatic heterocycles.